The Morgan fingerprint density at radius 3 is 2.74 bits per heavy atom. The third-order valence-corrected chi connectivity index (χ3v) is 5.77. The summed E-state index contributed by atoms with van der Waals surface area (Å²) in [6.07, 6.45) is -3.13. The fourth-order valence-corrected chi connectivity index (χ4v) is 4.14. The lowest BCUT2D eigenvalue weighted by Gasteiger charge is -2.09. The lowest BCUT2D eigenvalue weighted by molar-refractivity contribution is -0.137. The summed E-state index contributed by atoms with van der Waals surface area (Å²) < 4.78 is 42.1. The largest absolute Gasteiger partial charge is 0.416 e. The Hall–Kier alpha value is -3.65. The molecule has 0 unspecified atom stereocenters. The van der Waals surface area contributed by atoms with E-state index in [0.717, 1.165) is 23.5 Å². The summed E-state index contributed by atoms with van der Waals surface area (Å²) in [5.41, 5.74) is -0.702. The van der Waals surface area contributed by atoms with Gasteiger partial charge in [0.2, 0.25) is 15.9 Å². The third kappa shape index (κ3) is 3.66. The minimum Gasteiger partial charge on any atom is -0.294 e. The van der Waals surface area contributed by atoms with Crippen molar-refractivity contribution in [3.05, 3.63) is 59.5 Å². The fraction of sp³-hybridized carbons (Fsp3) is 0.0588. The first-order valence-corrected chi connectivity index (χ1v) is 10.2. The molecule has 4 aromatic heterocycles. The molecule has 0 fully saturated rings. The van der Waals surface area contributed by atoms with Gasteiger partial charge in [0.05, 0.1) is 16.1 Å². The smallest absolute Gasteiger partial charge is 0.294 e. The van der Waals surface area contributed by atoms with E-state index in [0.29, 0.717) is 9.84 Å². The minimum atomic E-state index is -4.52. The molecule has 5 aromatic rings. The first kappa shape index (κ1) is 19.3. The molecule has 0 atom stereocenters. The normalized spacial score (nSPS) is 11.8. The molecule has 0 saturated carbocycles. The lowest BCUT2D eigenvalue weighted by atomic mass is 10.2. The number of alkyl halides is 3. The molecule has 4 heterocycles. The van der Waals surface area contributed by atoms with Crippen molar-refractivity contribution < 1.29 is 18.0 Å². The standard InChI is InChI=1S/C17H9F3N8OS2/c18-17(19,20)9-3-1-4-10(7-9)28-13(11-5-2-6-30-11)22-12(25-28)14(29)23-15-26-27-8-21-24-16(27)31-15/h1-8H,(H,23,26,29). The number of amides is 1. The molecule has 156 valence electrons. The van der Waals surface area contributed by atoms with Crippen molar-refractivity contribution in [2.75, 3.05) is 5.32 Å². The second-order valence-corrected chi connectivity index (χ2v) is 8.02. The van der Waals surface area contributed by atoms with Gasteiger partial charge in [0.25, 0.3) is 5.91 Å². The number of aromatic nitrogens is 7. The topological polar surface area (TPSA) is 103 Å². The summed E-state index contributed by atoms with van der Waals surface area (Å²) in [6, 6.07) is 8.17. The molecule has 14 heteroatoms. The van der Waals surface area contributed by atoms with Gasteiger partial charge >= 0.3 is 6.18 Å². The number of thiophene rings is 1. The van der Waals surface area contributed by atoms with Crippen LogP contribution in [-0.4, -0.2) is 40.5 Å². The molecule has 0 saturated heterocycles. The van der Waals surface area contributed by atoms with E-state index in [1.807, 2.05) is 0 Å². The molecule has 0 aliphatic carbocycles. The first-order valence-electron chi connectivity index (χ1n) is 8.55. The summed E-state index contributed by atoms with van der Waals surface area (Å²) in [4.78, 5) is 18.1. The van der Waals surface area contributed by atoms with Crippen LogP contribution in [0.15, 0.2) is 48.1 Å². The Morgan fingerprint density at radius 2 is 2.00 bits per heavy atom. The van der Waals surface area contributed by atoms with E-state index in [9.17, 15) is 18.0 Å². The van der Waals surface area contributed by atoms with Gasteiger partial charge in [-0.1, -0.05) is 23.5 Å². The van der Waals surface area contributed by atoms with Crippen molar-refractivity contribution in [3.8, 4) is 16.4 Å². The maximum absolute atomic E-state index is 13.2. The van der Waals surface area contributed by atoms with Gasteiger partial charge in [-0.05, 0) is 29.6 Å². The van der Waals surface area contributed by atoms with Gasteiger partial charge < -0.3 is 0 Å². The summed E-state index contributed by atoms with van der Waals surface area (Å²) >= 11 is 2.42. The Morgan fingerprint density at radius 1 is 1.13 bits per heavy atom. The minimum absolute atomic E-state index is 0.128. The van der Waals surface area contributed by atoms with Crippen molar-refractivity contribution in [2.45, 2.75) is 6.18 Å². The lowest BCUT2D eigenvalue weighted by Crippen LogP contribution is -2.14. The highest BCUT2D eigenvalue weighted by molar-refractivity contribution is 7.20. The van der Waals surface area contributed by atoms with Crippen LogP contribution >= 0.6 is 22.7 Å². The number of nitrogens with one attached hydrogen (secondary N) is 1. The SMILES string of the molecule is O=C(Nc1nn2cnnc2s1)c1nc(-c2cccs2)n(-c2cccc(C(F)(F)F)c2)n1. The first-order chi connectivity index (χ1) is 14.9. The second-order valence-electron chi connectivity index (χ2n) is 6.12. The number of fused-ring (bicyclic) bond motifs is 1. The molecule has 0 bridgehead atoms. The number of hydrogen-bond donors (Lipinski definition) is 1. The summed E-state index contributed by atoms with van der Waals surface area (Å²) in [6.45, 7) is 0. The monoisotopic (exact) mass is 462 g/mol. The van der Waals surface area contributed by atoms with Gasteiger partial charge in [-0.2, -0.15) is 17.7 Å². The molecular formula is C17H9F3N8OS2. The number of nitrogens with zero attached hydrogens (tertiary/aromatic N) is 7. The average Bonchev–Trinajstić information content (AvgIpc) is 3.49. The second kappa shape index (κ2) is 7.24. The molecule has 31 heavy (non-hydrogen) atoms. The number of anilines is 1. The van der Waals surface area contributed by atoms with E-state index in [4.69, 9.17) is 0 Å². The summed E-state index contributed by atoms with van der Waals surface area (Å²) in [5, 5.41) is 20.4. The third-order valence-electron chi connectivity index (χ3n) is 4.08. The Labute approximate surface area is 178 Å². The van der Waals surface area contributed by atoms with E-state index in [1.165, 1.54) is 39.0 Å². The van der Waals surface area contributed by atoms with Gasteiger partial charge in [-0.3, -0.25) is 10.1 Å². The molecule has 0 aliphatic rings. The predicted octanol–water partition coefficient (Wildman–Crippen LogP) is 3.77. The van der Waals surface area contributed by atoms with E-state index in [-0.39, 0.29) is 22.5 Å². The maximum Gasteiger partial charge on any atom is 0.416 e. The van der Waals surface area contributed by atoms with Crippen molar-refractivity contribution in [1.29, 1.82) is 0 Å². The van der Waals surface area contributed by atoms with Crippen LogP contribution in [0.2, 0.25) is 0 Å². The fourth-order valence-electron chi connectivity index (χ4n) is 2.73. The Bertz CT molecular complexity index is 1360. The van der Waals surface area contributed by atoms with Gasteiger partial charge in [-0.25, -0.2) is 9.67 Å². The van der Waals surface area contributed by atoms with Crippen LogP contribution in [0.5, 0.6) is 0 Å². The summed E-state index contributed by atoms with van der Waals surface area (Å²) in [5.74, 6) is -0.627. The molecule has 1 amide bonds. The molecular weight excluding hydrogens is 453 g/mol. The van der Waals surface area contributed by atoms with Gasteiger partial charge in [-0.15, -0.1) is 31.7 Å². The Balaban J connectivity index is 1.54. The highest BCUT2D eigenvalue weighted by atomic mass is 32.1. The van der Waals surface area contributed by atoms with Crippen LogP contribution < -0.4 is 5.32 Å². The average molecular weight is 462 g/mol. The molecule has 9 nitrogen and oxygen atoms in total. The van der Waals surface area contributed by atoms with Gasteiger partial charge in [0.15, 0.2) is 5.82 Å². The number of carbonyl (C=O) groups is 1. The van der Waals surface area contributed by atoms with E-state index >= 15 is 0 Å². The molecule has 1 N–H and O–H groups in total. The maximum atomic E-state index is 13.2. The number of hydrogen-bond acceptors (Lipinski definition) is 8. The van der Waals surface area contributed by atoms with Crippen LogP contribution in [0.4, 0.5) is 18.3 Å². The quantitative estimate of drug-likeness (QED) is 0.436. The van der Waals surface area contributed by atoms with E-state index in [2.05, 4.69) is 30.7 Å². The van der Waals surface area contributed by atoms with Crippen molar-refractivity contribution in [1.82, 2.24) is 34.6 Å². The molecule has 1 aromatic carbocycles. The number of benzene rings is 1. The Kier molecular flexibility index (Phi) is 4.51. The van der Waals surface area contributed by atoms with Gasteiger partial charge in [0.1, 0.15) is 6.33 Å². The van der Waals surface area contributed by atoms with Crippen molar-refractivity contribution in [2.24, 2.45) is 0 Å². The zero-order chi connectivity index (χ0) is 21.6. The summed E-state index contributed by atoms with van der Waals surface area (Å²) in [7, 11) is 0. The van der Waals surface area contributed by atoms with Crippen LogP contribution in [0.3, 0.4) is 0 Å². The van der Waals surface area contributed by atoms with Crippen LogP contribution in [-0.2, 0) is 6.18 Å². The van der Waals surface area contributed by atoms with E-state index < -0.39 is 17.6 Å². The number of halogens is 3. The van der Waals surface area contributed by atoms with Crippen LogP contribution in [0, 0.1) is 0 Å². The van der Waals surface area contributed by atoms with Crippen molar-refractivity contribution in [3.63, 3.8) is 0 Å². The highest BCUT2D eigenvalue weighted by Gasteiger charge is 2.31. The zero-order valence-corrected chi connectivity index (χ0v) is 16.7. The number of rotatable bonds is 4. The van der Waals surface area contributed by atoms with Crippen molar-refractivity contribution >= 4 is 38.7 Å². The van der Waals surface area contributed by atoms with E-state index in [1.54, 1.807) is 17.5 Å². The predicted molar refractivity (Wildman–Crippen MR) is 106 cm³/mol. The van der Waals surface area contributed by atoms with Crippen LogP contribution in [0.1, 0.15) is 16.2 Å². The molecule has 0 radical (unpaired) electrons. The van der Waals surface area contributed by atoms with Crippen LogP contribution in [0.25, 0.3) is 21.3 Å². The molecule has 0 aliphatic heterocycles. The molecule has 5 rings (SSSR count). The van der Waals surface area contributed by atoms with Gasteiger partial charge in [0, 0.05) is 0 Å². The molecule has 0 spiro atoms. The number of carbonyl (C=O) groups excluding carboxylic acids is 1. The zero-order valence-electron chi connectivity index (χ0n) is 15.1. The highest BCUT2D eigenvalue weighted by Crippen LogP contribution is 2.32.